The van der Waals surface area contributed by atoms with Gasteiger partial charge in [0.1, 0.15) is 0 Å². The Morgan fingerprint density at radius 2 is 0.667 bits per heavy atom. The molecule has 0 heterocycles. The maximum absolute atomic E-state index is 2.26. The Morgan fingerprint density at radius 1 is 0.333 bits per heavy atom. The minimum Gasteiger partial charge on any atom is -0.0845 e. The minimum atomic E-state index is 1.20. The minimum absolute atomic E-state index is 1.20. The van der Waals surface area contributed by atoms with Crippen molar-refractivity contribution in [1.29, 1.82) is 0 Å². The van der Waals surface area contributed by atoms with Crippen LogP contribution in [0.15, 0.2) is 72.9 Å². The lowest BCUT2D eigenvalue weighted by atomic mass is 10.1. The molecule has 1 aliphatic carbocycles. The molecule has 0 aromatic carbocycles. The molecule has 1 aliphatic rings. The highest BCUT2D eigenvalue weighted by Crippen LogP contribution is 2.06. The summed E-state index contributed by atoms with van der Waals surface area (Å²) < 4.78 is 0. The van der Waals surface area contributed by atoms with Crippen LogP contribution >= 0.6 is 0 Å². The molecule has 0 fully saturated rings. The number of allylic oxidation sites excluding steroid dienone is 12. The van der Waals surface area contributed by atoms with Gasteiger partial charge in [-0.3, -0.25) is 0 Å². The molecule has 0 bridgehead atoms. The Balaban J connectivity index is 2.42. The molecule has 0 aliphatic heterocycles. The van der Waals surface area contributed by atoms with Gasteiger partial charge in [-0.1, -0.05) is 85.8 Å². The van der Waals surface area contributed by atoms with Crippen LogP contribution in [-0.2, 0) is 0 Å². The second-order valence-corrected chi connectivity index (χ2v) is 4.39. The summed E-state index contributed by atoms with van der Waals surface area (Å²) in [6, 6.07) is 0. The predicted octanol–water partition coefficient (Wildman–Crippen LogP) is 5.68. The van der Waals surface area contributed by atoms with Crippen LogP contribution in [0.4, 0.5) is 0 Å². The normalized spacial score (nSPS) is 18.7. The summed E-state index contributed by atoms with van der Waals surface area (Å²) in [6.45, 7) is 0. The van der Waals surface area contributed by atoms with E-state index in [9.17, 15) is 0 Å². The topological polar surface area (TPSA) is 0 Å². The van der Waals surface area contributed by atoms with Crippen molar-refractivity contribution in [2.75, 3.05) is 0 Å². The molecule has 0 unspecified atom stereocenters. The summed E-state index contributed by atoms with van der Waals surface area (Å²) in [5.74, 6) is 0. The van der Waals surface area contributed by atoms with Gasteiger partial charge < -0.3 is 0 Å². The fourth-order valence-electron chi connectivity index (χ4n) is 1.74. The molecular weight excluding hydrogens is 216 g/mol. The third-order valence-electron chi connectivity index (χ3n) is 2.76. The predicted molar refractivity (Wildman–Crippen MR) is 82.5 cm³/mol. The molecule has 0 aromatic heterocycles. The molecule has 0 saturated carbocycles. The van der Waals surface area contributed by atoms with E-state index in [4.69, 9.17) is 0 Å². The first-order chi connectivity index (χ1) is 9.00. The maximum Gasteiger partial charge on any atom is -0.0348 e. The first kappa shape index (κ1) is 14.5. The smallest absolute Gasteiger partial charge is 0.0348 e. The van der Waals surface area contributed by atoms with Gasteiger partial charge in [0.15, 0.2) is 0 Å². The average Bonchev–Trinajstić information content (AvgIpc) is 2.39. The quantitative estimate of drug-likeness (QED) is 0.511. The Hall–Kier alpha value is -1.56. The highest BCUT2D eigenvalue weighted by atomic mass is 13.9. The van der Waals surface area contributed by atoms with Gasteiger partial charge in [0.25, 0.3) is 0 Å². The third kappa shape index (κ3) is 9.65. The van der Waals surface area contributed by atoms with Crippen molar-refractivity contribution < 1.29 is 0 Å². The lowest BCUT2D eigenvalue weighted by molar-refractivity contribution is 0.652. The molecule has 0 amide bonds. The first-order valence-electron chi connectivity index (χ1n) is 6.98. The lowest BCUT2D eigenvalue weighted by Gasteiger charge is -1.96. The zero-order valence-electron chi connectivity index (χ0n) is 11.2. The molecule has 0 spiro atoms. The van der Waals surface area contributed by atoms with Crippen molar-refractivity contribution >= 4 is 0 Å². The van der Waals surface area contributed by atoms with E-state index >= 15 is 0 Å². The first-order valence-corrected chi connectivity index (χ1v) is 6.98. The van der Waals surface area contributed by atoms with Crippen LogP contribution in [0.1, 0.15) is 38.5 Å². The standard InChI is InChI=1S/C18H24/c1-2-4-6-8-10-12-14-16-18-17-15-13-11-9-7-5-3-1/h1-12H,13-18H2. The SMILES string of the molecule is C1=CC=CC=CCCCCCCC=CC=CC=C1. The van der Waals surface area contributed by atoms with E-state index < -0.39 is 0 Å². The molecule has 0 aromatic rings. The molecule has 0 radical (unpaired) electrons. The van der Waals surface area contributed by atoms with Crippen LogP contribution in [0.2, 0.25) is 0 Å². The van der Waals surface area contributed by atoms with Gasteiger partial charge in [-0.25, -0.2) is 0 Å². The van der Waals surface area contributed by atoms with Crippen LogP contribution in [-0.4, -0.2) is 0 Å². The summed E-state index contributed by atoms with van der Waals surface area (Å²) in [6.07, 6.45) is 33.0. The second kappa shape index (κ2) is 11.9. The van der Waals surface area contributed by atoms with Crippen molar-refractivity contribution in [2.45, 2.75) is 38.5 Å². The Kier molecular flexibility index (Phi) is 9.60. The van der Waals surface area contributed by atoms with Gasteiger partial charge in [0, 0.05) is 0 Å². The van der Waals surface area contributed by atoms with Gasteiger partial charge in [-0.15, -0.1) is 0 Å². The largest absolute Gasteiger partial charge is 0.0845 e. The van der Waals surface area contributed by atoms with Crippen molar-refractivity contribution in [3.05, 3.63) is 72.9 Å². The summed E-state index contributed by atoms with van der Waals surface area (Å²) >= 11 is 0. The van der Waals surface area contributed by atoms with Gasteiger partial charge in [-0.05, 0) is 25.7 Å². The maximum atomic E-state index is 2.26. The monoisotopic (exact) mass is 240 g/mol. The van der Waals surface area contributed by atoms with Crippen LogP contribution < -0.4 is 0 Å². The second-order valence-electron chi connectivity index (χ2n) is 4.39. The van der Waals surface area contributed by atoms with E-state index in [2.05, 4.69) is 48.6 Å². The molecule has 0 heteroatoms. The van der Waals surface area contributed by atoms with Crippen molar-refractivity contribution in [2.24, 2.45) is 0 Å². The van der Waals surface area contributed by atoms with Crippen LogP contribution in [0, 0.1) is 0 Å². The van der Waals surface area contributed by atoms with Gasteiger partial charge >= 0.3 is 0 Å². The van der Waals surface area contributed by atoms with Crippen molar-refractivity contribution in [3.63, 3.8) is 0 Å². The zero-order chi connectivity index (χ0) is 12.7. The molecule has 96 valence electrons. The van der Waals surface area contributed by atoms with E-state index in [1.165, 1.54) is 38.5 Å². The Labute approximate surface area is 112 Å². The van der Waals surface area contributed by atoms with Crippen LogP contribution in [0.5, 0.6) is 0 Å². The van der Waals surface area contributed by atoms with Crippen LogP contribution in [0.3, 0.4) is 0 Å². The summed E-state index contributed by atoms with van der Waals surface area (Å²) in [5.41, 5.74) is 0. The highest BCUT2D eigenvalue weighted by molar-refractivity contribution is 5.19. The molecule has 0 atom stereocenters. The van der Waals surface area contributed by atoms with E-state index in [1.54, 1.807) is 0 Å². The fourth-order valence-corrected chi connectivity index (χ4v) is 1.74. The van der Waals surface area contributed by atoms with Crippen molar-refractivity contribution in [1.82, 2.24) is 0 Å². The molecule has 0 nitrogen and oxygen atoms in total. The van der Waals surface area contributed by atoms with Crippen LogP contribution in [0.25, 0.3) is 0 Å². The molecule has 1 rings (SSSR count). The van der Waals surface area contributed by atoms with Gasteiger partial charge in [-0.2, -0.15) is 0 Å². The van der Waals surface area contributed by atoms with E-state index in [1.807, 2.05) is 24.3 Å². The number of rotatable bonds is 0. The lowest BCUT2D eigenvalue weighted by Crippen LogP contribution is -1.76. The van der Waals surface area contributed by atoms with Gasteiger partial charge in [0.2, 0.25) is 0 Å². The summed E-state index contributed by atoms with van der Waals surface area (Å²) in [7, 11) is 0. The Morgan fingerprint density at radius 3 is 1.06 bits per heavy atom. The van der Waals surface area contributed by atoms with E-state index in [-0.39, 0.29) is 0 Å². The van der Waals surface area contributed by atoms with Gasteiger partial charge in [0.05, 0.1) is 0 Å². The fraction of sp³-hybridized carbons (Fsp3) is 0.333. The summed E-state index contributed by atoms with van der Waals surface area (Å²) in [5, 5.41) is 0. The molecule has 18 heavy (non-hydrogen) atoms. The summed E-state index contributed by atoms with van der Waals surface area (Å²) in [4.78, 5) is 0. The highest BCUT2D eigenvalue weighted by Gasteiger charge is 1.86. The third-order valence-corrected chi connectivity index (χ3v) is 2.76. The van der Waals surface area contributed by atoms with E-state index in [0.717, 1.165) is 0 Å². The molecular formula is C18H24. The number of hydrogen-bond acceptors (Lipinski definition) is 0. The molecule has 0 N–H and O–H groups in total. The zero-order valence-corrected chi connectivity index (χ0v) is 11.2. The Bertz CT molecular complexity index is 312. The average molecular weight is 240 g/mol. The number of hydrogen-bond donors (Lipinski definition) is 0. The molecule has 0 saturated heterocycles. The van der Waals surface area contributed by atoms with E-state index in [0.29, 0.717) is 0 Å². The van der Waals surface area contributed by atoms with Crippen molar-refractivity contribution in [3.8, 4) is 0 Å².